The van der Waals surface area contributed by atoms with Gasteiger partial charge in [0.1, 0.15) is 0 Å². The summed E-state index contributed by atoms with van der Waals surface area (Å²) >= 11 is 0. The molecule has 0 aliphatic rings. The molecular weight excluding hydrogens is 260 g/mol. The highest BCUT2D eigenvalue weighted by molar-refractivity contribution is 5.09. The number of pyridine rings is 2. The molecule has 21 heavy (non-hydrogen) atoms. The number of rotatable bonds is 7. The van der Waals surface area contributed by atoms with E-state index in [4.69, 9.17) is 0 Å². The average molecular weight is 284 g/mol. The first-order chi connectivity index (χ1) is 10.2. The van der Waals surface area contributed by atoms with Gasteiger partial charge in [-0.1, -0.05) is 12.1 Å². The van der Waals surface area contributed by atoms with Crippen molar-refractivity contribution in [3.63, 3.8) is 0 Å². The van der Waals surface area contributed by atoms with Crippen molar-refractivity contribution in [2.75, 3.05) is 6.54 Å². The molecule has 0 aromatic carbocycles. The predicted octanol–water partition coefficient (Wildman–Crippen LogP) is 2.87. The van der Waals surface area contributed by atoms with Crippen molar-refractivity contribution in [3.8, 4) is 0 Å². The summed E-state index contributed by atoms with van der Waals surface area (Å²) in [6, 6.07) is 12.9. The molecule has 0 bridgehead atoms. The summed E-state index contributed by atoms with van der Waals surface area (Å²) in [4.78, 5) is 8.75. The van der Waals surface area contributed by atoms with Gasteiger partial charge in [-0.2, -0.15) is 0 Å². The van der Waals surface area contributed by atoms with Crippen LogP contribution < -0.4 is 10.6 Å². The average Bonchev–Trinajstić information content (AvgIpc) is 2.54. The van der Waals surface area contributed by atoms with Gasteiger partial charge in [0.05, 0.1) is 11.4 Å². The third-order valence-electron chi connectivity index (χ3n) is 3.53. The zero-order valence-corrected chi connectivity index (χ0v) is 13.0. The smallest absolute Gasteiger partial charge is 0.0570 e. The molecule has 112 valence electrons. The van der Waals surface area contributed by atoms with Crippen molar-refractivity contribution in [2.45, 2.75) is 38.9 Å². The molecular formula is C17H24N4. The van der Waals surface area contributed by atoms with Crippen molar-refractivity contribution in [1.29, 1.82) is 0 Å². The maximum absolute atomic E-state index is 4.38. The molecule has 2 aromatic rings. The molecule has 0 spiro atoms. The second kappa shape index (κ2) is 7.86. The van der Waals surface area contributed by atoms with Crippen molar-refractivity contribution < 1.29 is 0 Å². The van der Waals surface area contributed by atoms with Crippen LogP contribution in [0.4, 0.5) is 0 Å². The Labute approximate surface area is 127 Å². The molecule has 2 heterocycles. The summed E-state index contributed by atoms with van der Waals surface area (Å²) in [5, 5.41) is 7.07. The summed E-state index contributed by atoms with van der Waals surface area (Å²) in [6.45, 7) is 7.34. The molecule has 0 radical (unpaired) electrons. The number of aromatic nitrogens is 2. The Morgan fingerprint density at radius 1 is 0.857 bits per heavy atom. The zero-order valence-electron chi connectivity index (χ0n) is 13.0. The van der Waals surface area contributed by atoms with E-state index in [1.807, 2.05) is 48.8 Å². The van der Waals surface area contributed by atoms with Crippen LogP contribution in [0.3, 0.4) is 0 Å². The Balaban J connectivity index is 1.78. The minimum Gasteiger partial charge on any atom is -0.307 e. The van der Waals surface area contributed by atoms with E-state index in [-0.39, 0.29) is 12.1 Å². The van der Waals surface area contributed by atoms with Crippen LogP contribution in [0.5, 0.6) is 0 Å². The summed E-state index contributed by atoms with van der Waals surface area (Å²) in [5.74, 6) is 0. The van der Waals surface area contributed by atoms with Crippen LogP contribution in [0.25, 0.3) is 0 Å². The fourth-order valence-corrected chi connectivity index (χ4v) is 2.29. The fraction of sp³-hybridized carbons (Fsp3) is 0.412. The van der Waals surface area contributed by atoms with E-state index in [9.17, 15) is 0 Å². The molecule has 0 aliphatic carbocycles. The van der Waals surface area contributed by atoms with Gasteiger partial charge >= 0.3 is 0 Å². The topological polar surface area (TPSA) is 49.8 Å². The SMILES string of the molecule is C[C@H](CN[C@@H](C)c1ccccn1)N[C@H](C)c1ccccn1. The number of hydrogen-bond acceptors (Lipinski definition) is 4. The van der Waals surface area contributed by atoms with Crippen LogP contribution in [-0.4, -0.2) is 22.6 Å². The number of hydrogen-bond donors (Lipinski definition) is 2. The highest BCUT2D eigenvalue weighted by atomic mass is 15.0. The van der Waals surface area contributed by atoms with Crippen molar-refractivity contribution >= 4 is 0 Å². The molecule has 3 atom stereocenters. The summed E-state index contributed by atoms with van der Waals surface area (Å²) in [6.07, 6.45) is 3.66. The van der Waals surface area contributed by atoms with E-state index in [2.05, 4.69) is 41.4 Å². The van der Waals surface area contributed by atoms with Crippen molar-refractivity contribution in [2.24, 2.45) is 0 Å². The number of nitrogens with zero attached hydrogens (tertiary/aromatic N) is 2. The highest BCUT2D eigenvalue weighted by Gasteiger charge is 2.12. The molecule has 0 fully saturated rings. The standard InChI is InChI=1S/C17H24N4/c1-13(21-15(3)17-9-5-7-11-19-17)12-20-14(2)16-8-4-6-10-18-16/h4-11,13-15,20-21H,12H2,1-3H3/t13-,14+,15-/m1/s1. The van der Waals surface area contributed by atoms with E-state index in [1.165, 1.54) is 0 Å². The second-order valence-corrected chi connectivity index (χ2v) is 5.43. The van der Waals surface area contributed by atoms with Gasteiger partial charge in [0, 0.05) is 37.1 Å². The minimum atomic E-state index is 0.244. The van der Waals surface area contributed by atoms with Gasteiger partial charge in [-0.25, -0.2) is 0 Å². The van der Waals surface area contributed by atoms with Crippen LogP contribution in [0.1, 0.15) is 44.2 Å². The van der Waals surface area contributed by atoms with Crippen LogP contribution in [-0.2, 0) is 0 Å². The first-order valence-electron chi connectivity index (χ1n) is 7.48. The van der Waals surface area contributed by atoms with Gasteiger partial charge in [-0.05, 0) is 45.0 Å². The summed E-state index contributed by atoms with van der Waals surface area (Å²) < 4.78 is 0. The molecule has 0 amide bonds. The molecule has 0 saturated heterocycles. The van der Waals surface area contributed by atoms with Crippen LogP contribution in [0.15, 0.2) is 48.8 Å². The fourth-order valence-electron chi connectivity index (χ4n) is 2.29. The first-order valence-corrected chi connectivity index (χ1v) is 7.48. The van der Waals surface area contributed by atoms with E-state index < -0.39 is 0 Å². The van der Waals surface area contributed by atoms with Crippen molar-refractivity contribution in [3.05, 3.63) is 60.2 Å². The van der Waals surface area contributed by atoms with Crippen LogP contribution in [0.2, 0.25) is 0 Å². The monoisotopic (exact) mass is 284 g/mol. The van der Waals surface area contributed by atoms with Gasteiger partial charge in [0.15, 0.2) is 0 Å². The minimum absolute atomic E-state index is 0.244. The third-order valence-corrected chi connectivity index (χ3v) is 3.53. The molecule has 0 unspecified atom stereocenters. The highest BCUT2D eigenvalue weighted by Crippen LogP contribution is 2.10. The zero-order chi connectivity index (χ0) is 15.1. The Bertz CT molecular complexity index is 515. The molecule has 4 nitrogen and oxygen atoms in total. The van der Waals surface area contributed by atoms with Gasteiger partial charge < -0.3 is 10.6 Å². The lowest BCUT2D eigenvalue weighted by Crippen LogP contribution is -2.38. The molecule has 0 aliphatic heterocycles. The van der Waals surface area contributed by atoms with E-state index in [0.29, 0.717) is 6.04 Å². The Kier molecular flexibility index (Phi) is 5.84. The van der Waals surface area contributed by atoms with Gasteiger partial charge in [-0.15, -0.1) is 0 Å². The lowest BCUT2D eigenvalue weighted by molar-refractivity contribution is 0.425. The Morgan fingerprint density at radius 2 is 1.43 bits per heavy atom. The molecule has 4 heteroatoms. The lowest BCUT2D eigenvalue weighted by Gasteiger charge is -2.22. The molecule has 0 saturated carbocycles. The Hall–Kier alpha value is -1.78. The number of nitrogens with one attached hydrogen (secondary N) is 2. The van der Waals surface area contributed by atoms with Gasteiger partial charge in [-0.3, -0.25) is 9.97 Å². The van der Waals surface area contributed by atoms with Gasteiger partial charge in [0.2, 0.25) is 0 Å². The lowest BCUT2D eigenvalue weighted by atomic mass is 10.1. The maximum atomic E-state index is 4.38. The summed E-state index contributed by atoms with van der Waals surface area (Å²) in [7, 11) is 0. The normalized spacial score (nSPS) is 15.4. The van der Waals surface area contributed by atoms with Crippen molar-refractivity contribution in [1.82, 2.24) is 20.6 Å². The van der Waals surface area contributed by atoms with Gasteiger partial charge in [0.25, 0.3) is 0 Å². The second-order valence-electron chi connectivity index (χ2n) is 5.43. The van der Waals surface area contributed by atoms with E-state index in [1.54, 1.807) is 0 Å². The van der Waals surface area contributed by atoms with E-state index in [0.717, 1.165) is 17.9 Å². The van der Waals surface area contributed by atoms with E-state index >= 15 is 0 Å². The Morgan fingerprint density at radius 3 is 1.95 bits per heavy atom. The first kappa shape index (κ1) is 15.6. The molecule has 2 N–H and O–H groups in total. The molecule has 2 aromatic heterocycles. The maximum Gasteiger partial charge on any atom is 0.0570 e. The van der Waals surface area contributed by atoms with Crippen LogP contribution in [0, 0.1) is 0 Å². The third kappa shape index (κ3) is 4.92. The van der Waals surface area contributed by atoms with Crippen LogP contribution >= 0.6 is 0 Å². The predicted molar refractivity (Wildman–Crippen MR) is 85.9 cm³/mol. The molecule has 2 rings (SSSR count). The summed E-state index contributed by atoms with van der Waals surface area (Å²) in [5.41, 5.74) is 2.14. The quantitative estimate of drug-likeness (QED) is 0.821. The largest absolute Gasteiger partial charge is 0.307 e.